The molecule has 0 aliphatic carbocycles. The molecular weight excluding hydrogens is 722 g/mol. The second kappa shape index (κ2) is 15.4. The second-order valence-corrected chi connectivity index (χ2v) is 14.8. The van der Waals surface area contributed by atoms with Gasteiger partial charge in [0, 0.05) is 81.9 Å². The van der Waals surface area contributed by atoms with E-state index < -0.39 is 11.0 Å². The number of hydrogen-bond acceptors (Lipinski definition) is 13. The number of amides is 1. The van der Waals surface area contributed by atoms with E-state index in [4.69, 9.17) is 9.15 Å². The predicted molar refractivity (Wildman–Crippen MR) is 212 cm³/mol. The number of hydrogen-bond donors (Lipinski definition) is 1. The maximum Gasteiger partial charge on any atom is 0.336 e. The number of aryl methyl sites for hydroxylation is 1. The van der Waals surface area contributed by atoms with Gasteiger partial charge in [-0.1, -0.05) is 18.2 Å². The third-order valence-electron chi connectivity index (χ3n) is 9.48. The van der Waals surface area contributed by atoms with Crippen LogP contribution in [0.4, 0.5) is 33.5 Å². The average molecular weight is 760 g/mol. The van der Waals surface area contributed by atoms with Crippen LogP contribution in [0, 0.1) is 12.7 Å². The molecule has 2 aliphatic rings. The van der Waals surface area contributed by atoms with Crippen molar-refractivity contribution in [2.24, 2.45) is 0 Å². The maximum atomic E-state index is 14.5. The summed E-state index contributed by atoms with van der Waals surface area (Å²) in [7, 11) is 3.61. The zero-order valence-corrected chi connectivity index (χ0v) is 31.2. The van der Waals surface area contributed by atoms with E-state index in [1.807, 2.05) is 61.5 Å². The van der Waals surface area contributed by atoms with Gasteiger partial charge in [-0.2, -0.15) is 15.0 Å². The lowest BCUT2D eigenvalue weighted by Crippen LogP contribution is -2.49. The number of ether oxygens (including phenoxy) is 1. The molecule has 0 saturated carbocycles. The van der Waals surface area contributed by atoms with Gasteiger partial charge in [-0.15, -0.1) is 11.8 Å². The van der Waals surface area contributed by atoms with Crippen molar-refractivity contribution < 1.29 is 18.3 Å². The molecule has 3 aromatic carbocycles. The van der Waals surface area contributed by atoms with Crippen LogP contribution < -0.4 is 30.4 Å². The standard InChI is InChI=1S/C40H38FN9O4S/c1-25-21-35(51)54-32-23-30(14-15-31(25)32)53-40-45-38(44-39(46-40)47(2)3)43-28-10-12-29(13-11-28)50-36(52)33(55-37(50)26-7-6-8-27(41)22-26)24-48-17-19-49(20-18-48)34-9-4-5-16-42-34/h4-16,21-23,33,37H,17-20,24H2,1-3H3,(H,43,44,45,46). The van der Waals surface area contributed by atoms with Crippen LogP contribution in [0.25, 0.3) is 11.0 Å². The Kier molecular flexibility index (Phi) is 10.0. The van der Waals surface area contributed by atoms with E-state index in [1.54, 1.807) is 60.1 Å². The monoisotopic (exact) mass is 759 g/mol. The Labute approximate surface area is 320 Å². The number of rotatable bonds is 10. The number of nitrogens with one attached hydrogen (secondary N) is 1. The van der Waals surface area contributed by atoms with E-state index in [1.165, 1.54) is 18.2 Å². The molecule has 5 heterocycles. The van der Waals surface area contributed by atoms with Crippen LogP contribution in [0.2, 0.25) is 0 Å². The molecule has 6 aromatic rings. The van der Waals surface area contributed by atoms with E-state index in [0.29, 0.717) is 35.2 Å². The molecule has 0 bridgehead atoms. The Morgan fingerprint density at radius 2 is 1.75 bits per heavy atom. The van der Waals surface area contributed by atoms with Crippen LogP contribution in [0.5, 0.6) is 11.8 Å². The van der Waals surface area contributed by atoms with Gasteiger partial charge < -0.3 is 24.3 Å². The zero-order valence-electron chi connectivity index (χ0n) is 30.4. The highest BCUT2D eigenvalue weighted by molar-refractivity contribution is 8.01. The zero-order chi connectivity index (χ0) is 38.1. The maximum absolute atomic E-state index is 14.5. The summed E-state index contributed by atoms with van der Waals surface area (Å²) in [5.41, 5.74) is 2.82. The quantitative estimate of drug-likeness (QED) is 0.155. The van der Waals surface area contributed by atoms with Gasteiger partial charge in [0.1, 0.15) is 28.3 Å². The summed E-state index contributed by atoms with van der Waals surface area (Å²) >= 11 is 1.55. The number of carbonyl (C=O) groups excluding carboxylic acids is 1. The molecule has 2 fully saturated rings. The van der Waals surface area contributed by atoms with Gasteiger partial charge in [0.25, 0.3) is 0 Å². The first-order valence-corrected chi connectivity index (χ1v) is 18.8. The molecule has 2 atom stereocenters. The van der Waals surface area contributed by atoms with Crippen molar-refractivity contribution in [2.75, 3.05) is 66.8 Å². The van der Waals surface area contributed by atoms with Crippen LogP contribution in [-0.2, 0) is 4.79 Å². The second-order valence-electron chi connectivity index (χ2n) is 13.5. The first kappa shape index (κ1) is 35.9. The Balaban J connectivity index is 0.998. The summed E-state index contributed by atoms with van der Waals surface area (Å²) < 4.78 is 25.9. The molecule has 2 saturated heterocycles. The van der Waals surface area contributed by atoms with Crippen molar-refractivity contribution in [1.82, 2.24) is 24.8 Å². The molecule has 3 aromatic heterocycles. The highest BCUT2D eigenvalue weighted by atomic mass is 32.2. The Bertz CT molecular complexity index is 2390. The van der Waals surface area contributed by atoms with Gasteiger partial charge >= 0.3 is 11.6 Å². The number of aromatic nitrogens is 4. The third kappa shape index (κ3) is 7.93. The normalized spacial score (nSPS) is 17.5. The molecule has 2 unspecified atom stereocenters. The Morgan fingerprint density at radius 1 is 0.927 bits per heavy atom. The number of carbonyl (C=O) groups is 1. The predicted octanol–water partition coefficient (Wildman–Crippen LogP) is 6.39. The lowest BCUT2D eigenvalue weighted by Gasteiger charge is -2.36. The molecule has 15 heteroatoms. The van der Waals surface area contributed by atoms with Crippen molar-refractivity contribution in [3.05, 3.63) is 125 Å². The molecule has 1 N–H and O–H groups in total. The molecule has 13 nitrogen and oxygen atoms in total. The van der Waals surface area contributed by atoms with Crippen LogP contribution in [0.3, 0.4) is 0 Å². The largest absolute Gasteiger partial charge is 0.424 e. The fourth-order valence-electron chi connectivity index (χ4n) is 6.71. The van der Waals surface area contributed by atoms with Gasteiger partial charge in [0.2, 0.25) is 17.8 Å². The van der Waals surface area contributed by atoms with Gasteiger partial charge in [0.15, 0.2) is 0 Å². The Hall–Kier alpha value is -6.06. The summed E-state index contributed by atoms with van der Waals surface area (Å²) in [6.07, 6.45) is 1.80. The fourth-order valence-corrected chi connectivity index (χ4v) is 8.20. The van der Waals surface area contributed by atoms with E-state index >= 15 is 0 Å². The molecule has 1 amide bonds. The summed E-state index contributed by atoms with van der Waals surface area (Å²) in [5, 5.41) is 3.29. The number of piperazine rings is 1. The van der Waals surface area contributed by atoms with Gasteiger partial charge in [-0.05, 0) is 78.7 Å². The molecule has 8 rings (SSSR count). The first-order chi connectivity index (χ1) is 26.7. The number of fused-ring (bicyclic) bond motifs is 1. The lowest BCUT2D eigenvalue weighted by molar-refractivity contribution is -0.118. The van der Waals surface area contributed by atoms with Crippen LogP contribution in [0.1, 0.15) is 16.5 Å². The van der Waals surface area contributed by atoms with Crippen LogP contribution in [-0.4, -0.2) is 82.8 Å². The topological polar surface area (TPSA) is 133 Å². The number of halogens is 1. The van der Waals surface area contributed by atoms with Gasteiger partial charge in [-0.3, -0.25) is 14.6 Å². The van der Waals surface area contributed by atoms with E-state index in [0.717, 1.165) is 48.5 Å². The van der Waals surface area contributed by atoms with Crippen LogP contribution >= 0.6 is 11.8 Å². The van der Waals surface area contributed by atoms with Gasteiger partial charge in [0.05, 0.1) is 5.25 Å². The highest BCUT2D eigenvalue weighted by Gasteiger charge is 2.43. The highest BCUT2D eigenvalue weighted by Crippen LogP contribution is 2.46. The molecular formula is C40H38FN9O4S. The van der Waals surface area contributed by atoms with Crippen molar-refractivity contribution in [1.29, 1.82) is 0 Å². The number of nitrogens with zero attached hydrogens (tertiary/aromatic N) is 8. The van der Waals surface area contributed by atoms with E-state index in [-0.39, 0.29) is 28.9 Å². The summed E-state index contributed by atoms with van der Waals surface area (Å²) in [4.78, 5) is 52.2. The minimum absolute atomic E-state index is 0.0230. The SMILES string of the molecule is Cc1cc(=O)oc2cc(Oc3nc(Nc4ccc(N5C(=O)C(CN6CCN(c7ccccn7)CC6)SC5c5cccc(F)c5)cc4)nc(N(C)C)n3)ccc12. The third-order valence-corrected chi connectivity index (χ3v) is 10.9. The fraction of sp³-hybridized carbons (Fsp3) is 0.250. The van der Waals surface area contributed by atoms with E-state index in [2.05, 4.69) is 35.1 Å². The molecule has 280 valence electrons. The van der Waals surface area contributed by atoms with Crippen molar-refractivity contribution in [3.8, 4) is 11.8 Å². The first-order valence-electron chi connectivity index (χ1n) is 17.8. The molecule has 55 heavy (non-hydrogen) atoms. The summed E-state index contributed by atoms with van der Waals surface area (Å²) in [5.74, 6) is 1.56. The van der Waals surface area contributed by atoms with Crippen LogP contribution in [0.15, 0.2) is 106 Å². The average Bonchev–Trinajstić information content (AvgIpc) is 3.50. The minimum Gasteiger partial charge on any atom is -0.424 e. The number of thioether (sulfide) groups is 1. The van der Waals surface area contributed by atoms with Gasteiger partial charge in [-0.25, -0.2) is 14.2 Å². The molecule has 0 spiro atoms. The number of benzene rings is 3. The number of pyridine rings is 1. The summed E-state index contributed by atoms with van der Waals surface area (Å²) in [6.45, 7) is 5.70. The minimum atomic E-state index is -0.446. The lowest BCUT2D eigenvalue weighted by atomic mass is 10.1. The smallest absolute Gasteiger partial charge is 0.336 e. The van der Waals surface area contributed by atoms with Crippen molar-refractivity contribution in [3.63, 3.8) is 0 Å². The van der Waals surface area contributed by atoms with Crippen molar-refractivity contribution in [2.45, 2.75) is 17.5 Å². The van der Waals surface area contributed by atoms with Crippen molar-refractivity contribution >= 4 is 57.7 Å². The summed E-state index contributed by atoms with van der Waals surface area (Å²) in [6, 6.07) is 26.4. The Morgan fingerprint density at radius 3 is 2.49 bits per heavy atom. The van der Waals surface area contributed by atoms with E-state index in [9.17, 15) is 14.0 Å². The number of anilines is 5. The molecule has 2 aliphatic heterocycles. The molecule has 0 radical (unpaired) electrons.